The molecule has 0 atom stereocenters. The zero-order chi connectivity index (χ0) is 15.2. The van der Waals surface area contributed by atoms with Gasteiger partial charge in [-0.15, -0.1) is 11.3 Å². The van der Waals surface area contributed by atoms with Gasteiger partial charge in [-0.05, 0) is 25.5 Å². The summed E-state index contributed by atoms with van der Waals surface area (Å²) in [5.41, 5.74) is 7.53. The molecule has 0 aliphatic heterocycles. The average molecular weight is 305 g/mol. The van der Waals surface area contributed by atoms with Gasteiger partial charge in [-0.3, -0.25) is 0 Å². The summed E-state index contributed by atoms with van der Waals surface area (Å²) in [4.78, 5) is 17.5. The molecule has 0 bridgehead atoms. The van der Waals surface area contributed by atoms with Crippen LogP contribution in [0.25, 0.3) is 0 Å². The van der Waals surface area contributed by atoms with Crippen molar-refractivity contribution in [3.63, 3.8) is 0 Å². The zero-order valence-corrected chi connectivity index (χ0v) is 13.0. The standard InChI is InChI=1S/C15H19N3O2S/c1-3-10-8-17-13(21-10)9-18-14-11(15(19)20-4-2)6-5-7-12(14)16/h5-8,18H,3-4,9,16H2,1-2H3. The van der Waals surface area contributed by atoms with Gasteiger partial charge in [0, 0.05) is 11.1 Å². The molecule has 112 valence electrons. The van der Waals surface area contributed by atoms with Crippen molar-refractivity contribution in [1.29, 1.82) is 0 Å². The molecule has 2 rings (SSSR count). The number of nitrogens with zero attached hydrogens (tertiary/aromatic N) is 1. The Hall–Kier alpha value is -2.08. The first kappa shape index (κ1) is 15.3. The minimum absolute atomic E-state index is 0.333. The van der Waals surface area contributed by atoms with Gasteiger partial charge in [-0.25, -0.2) is 9.78 Å². The monoisotopic (exact) mass is 305 g/mol. The molecule has 1 aromatic carbocycles. The topological polar surface area (TPSA) is 77.2 Å². The molecular formula is C15H19N3O2S. The van der Waals surface area contributed by atoms with E-state index in [4.69, 9.17) is 10.5 Å². The number of ether oxygens (including phenoxy) is 1. The number of hydrogen-bond donors (Lipinski definition) is 2. The number of nitrogen functional groups attached to an aromatic ring is 1. The number of hydrogen-bond acceptors (Lipinski definition) is 6. The van der Waals surface area contributed by atoms with Crippen molar-refractivity contribution in [3.8, 4) is 0 Å². The molecule has 0 aliphatic carbocycles. The van der Waals surface area contributed by atoms with Gasteiger partial charge in [0.05, 0.1) is 30.1 Å². The second kappa shape index (κ2) is 7.08. The summed E-state index contributed by atoms with van der Waals surface area (Å²) in [5.74, 6) is -0.374. The predicted octanol–water partition coefficient (Wildman–Crippen LogP) is 3.08. The van der Waals surface area contributed by atoms with E-state index >= 15 is 0 Å². The highest BCUT2D eigenvalue weighted by atomic mass is 32.1. The van der Waals surface area contributed by atoms with Gasteiger partial charge < -0.3 is 15.8 Å². The number of benzene rings is 1. The van der Waals surface area contributed by atoms with Crippen molar-refractivity contribution >= 4 is 28.7 Å². The molecule has 0 fully saturated rings. The van der Waals surface area contributed by atoms with Crippen LogP contribution >= 0.6 is 11.3 Å². The van der Waals surface area contributed by atoms with Crippen LogP contribution in [0.15, 0.2) is 24.4 Å². The number of nitrogens with one attached hydrogen (secondary N) is 1. The van der Waals surface area contributed by atoms with Gasteiger partial charge in [0.1, 0.15) is 5.01 Å². The van der Waals surface area contributed by atoms with Crippen LogP contribution in [-0.4, -0.2) is 17.6 Å². The molecule has 0 amide bonds. The van der Waals surface area contributed by atoms with E-state index < -0.39 is 0 Å². The number of nitrogens with two attached hydrogens (primary N) is 1. The summed E-state index contributed by atoms with van der Waals surface area (Å²) in [6.07, 6.45) is 2.85. The highest BCUT2D eigenvalue weighted by Gasteiger charge is 2.15. The van der Waals surface area contributed by atoms with E-state index in [0.29, 0.717) is 30.1 Å². The van der Waals surface area contributed by atoms with Crippen molar-refractivity contribution < 1.29 is 9.53 Å². The van der Waals surface area contributed by atoms with Crippen molar-refractivity contribution in [3.05, 3.63) is 39.8 Å². The van der Waals surface area contributed by atoms with Gasteiger partial charge in [-0.2, -0.15) is 0 Å². The maximum absolute atomic E-state index is 11.9. The Bertz CT molecular complexity index is 625. The number of carbonyl (C=O) groups is 1. The lowest BCUT2D eigenvalue weighted by Gasteiger charge is -2.12. The minimum atomic E-state index is -0.374. The Labute approximate surface area is 128 Å². The van der Waals surface area contributed by atoms with Gasteiger partial charge >= 0.3 is 5.97 Å². The number of rotatable bonds is 6. The van der Waals surface area contributed by atoms with Crippen molar-refractivity contribution in [2.24, 2.45) is 0 Å². The first-order valence-electron chi connectivity index (χ1n) is 6.88. The van der Waals surface area contributed by atoms with Crippen molar-refractivity contribution in [2.75, 3.05) is 17.7 Å². The molecule has 0 radical (unpaired) electrons. The van der Waals surface area contributed by atoms with E-state index in [1.54, 1.807) is 36.5 Å². The summed E-state index contributed by atoms with van der Waals surface area (Å²) >= 11 is 1.65. The maximum atomic E-state index is 11.9. The van der Waals surface area contributed by atoms with Gasteiger partial charge in [-0.1, -0.05) is 13.0 Å². The fourth-order valence-electron chi connectivity index (χ4n) is 1.90. The molecule has 0 aliphatic rings. The number of aryl methyl sites for hydroxylation is 1. The number of thiazole rings is 1. The van der Waals surface area contributed by atoms with Crippen LogP contribution in [0.2, 0.25) is 0 Å². The normalized spacial score (nSPS) is 10.4. The maximum Gasteiger partial charge on any atom is 0.340 e. The Morgan fingerprint density at radius 3 is 2.90 bits per heavy atom. The van der Waals surface area contributed by atoms with Gasteiger partial charge in [0.25, 0.3) is 0 Å². The molecule has 6 heteroatoms. The number of para-hydroxylation sites is 1. The van der Waals surface area contributed by atoms with E-state index in [-0.39, 0.29) is 5.97 Å². The summed E-state index contributed by atoms with van der Waals surface area (Å²) < 4.78 is 5.05. The van der Waals surface area contributed by atoms with Crippen LogP contribution < -0.4 is 11.1 Å². The molecule has 0 saturated carbocycles. The summed E-state index contributed by atoms with van der Waals surface area (Å²) in [6, 6.07) is 5.20. The molecule has 5 nitrogen and oxygen atoms in total. The van der Waals surface area contributed by atoms with E-state index in [1.165, 1.54) is 4.88 Å². The van der Waals surface area contributed by atoms with Crippen LogP contribution in [0.5, 0.6) is 0 Å². The summed E-state index contributed by atoms with van der Waals surface area (Å²) in [7, 11) is 0. The number of anilines is 2. The van der Waals surface area contributed by atoms with Crippen molar-refractivity contribution in [1.82, 2.24) is 4.98 Å². The summed E-state index contributed by atoms with van der Waals surface area (Å²) in [5, 5.41) is 4.16. The van der Waals surface area contributed by atoms with Crippen LogP contribution in [0, 0.1) is 0 Å². The first-order valence-corrected chi connectivity index (χ1v) is 7.70. The van der Waals surface area contributed by atoms with E-state index in [9.17, 15) is 4.79 Å². The fourth-order valence-corrected chi connectivity index (χ4v) is 2.71. The third kappa shape index (κ3) is 3.72. The molecular weight excluding hydrogens is 286 g/mol. The molecule has 21 heavy (non-hydrogen) atoms. The number of aromatic nitrogens is 1. The van der Waals surface area contributed by atoms with E-state index in [2.05, 4.69) is 17.2 Å². The average Bonchev–Trinajstić information content (AvgIpc) is 2.94. The second-order valence-electron chi connectivity index (χ2n) is 4.42. The molecule has 0 unspecified atom stereocenters. The highest BCUT2D eigenvalue weighted by molar-refractivity contribution is 7.11. The molecule has 3 N–H and O–H groups in total. The quantitative estimate of drug-likeness (QED) is 0.633. The summed E-state index contributed by atoms with van der Waals surface area (Å²) in [6.45, 7) is 4.74. The molecule has 0 spiro atoms. The zero-order valence-electron chi connectivity index (χ0n) is 12.2. The number of carbonyl (C=O) groups excluding carboxylic acids is 1. The van der Waals surface area contributed by atoms with E-state index in [0.717, 1.165) is 11.4 Å². The molecule has 0 saturated heterocycles. The van der Waals surface area contributed by atoms with E-state index in [1.807, 2.05) is 6.20 Å². The Morgan fingerprint density at radius 2 is 2.24 bits per heavy atom. The smallest absolute Gasteiger partial charge is 0.340 e. The predicted molar refractivity (Wildman–Crippen MR) is 85.6 cm³/mol. The Kier molecular flexibility index (Phi) is 5.16. The van der Waals surface area contributed by atoms with Crippen LogP contribution in [-0.2, 0) is 17.7 Å². The second-order valence-corrected chi connectivity index (χ2v) is 5.62. The largest absolute Gasteiger partial charge is 0.462 e. The van der Waals surface area contributed by atoms with Crippen LogP contribution in [0.4, 0.5) is 11.4 Å². The molecule has 2 aromatic rings. The molecule has 1 heterocycles. The Balaban J connectivity index is 2.16. The van der Waals surface area contributed by atoms with Crippen molar-refractivity contribution in [2.45, 2.75) is 26.8 Å². The number of esters is 1. The lowest BCUT2D eigenvalue weighted by atomic mass is 10.1. The third-order valence-corrected chi connectivity index (χ3v) is 4.10. The highest BCUT2D eigenvalue weighted by Crippen LogP contribution is 2.25. The third-order valence-electron chi connectivity index (χ3n) is 2.96. The lowest BCUT2D eigenvalue weighted by Crippen LogP contribution is -2.11. The van der Waals surface area contributed by atoms with Crippen LogP contribution in [0.3, 0.4) is 0 Å². The Morgan fingerprint density at radius 1 is 1.43 bits per heavy atom. The first-order chi connectivity index (χ1) is 10.2. The molecule has 1 aromatic heterocycles. The fraction of sp³-hybridized carbons (Fsp3) is 0.333. The van der Waals surface area contributed by atoms with Gasteiger partial charge in [0.2, 0.25) is 0 Å². The SMILES string of the molecule is CCOC(=O)c1cccc(N)c1NCc1ncc(CC)s1. The lowest BCUT2D eigenvalue weighted by molar-refractivity contribution is 0.0527. The minimum Gasteiger partial charge on any atom is -0.462 e. The van der Waals surface area contributed by atoms with Gasteiger partial charge in [0.15, 0.2) is 0 Å². The van der Waals surface area contributed by atoms with Crippen LogP contribution in [0.1, 0.15) is 34.1 Å².